The molecule has 0 bridgehead atoms. The Balaban J connectivity index is 1.85. The van der Waals surface area contributed by atoms with E-state index in [2.05, 4.69) is 10.1 Å². The number of carbonyl (C=O) groups is 2. The third kappa shape index (κ3) is 2.30. The molecule has 25 heavy (non-hydrogen) atoms. The summed E-state index contributed by atoms with van der Waals surface area (Å²) in [7, 11) is 1.31. The number of para-hydroxylation sites is 1. The molecule has 2 aromatic carbocycles. The maximum atomic E-state index is 12.8. The summed E-state index contributed by atoms with van der Waals surface area (Å²) < 4.78 is 10.3. The van der Waals surface area contributed by atoms with E-state index in [4.69, 9.17) is 4.42 Å². The Morgan fingerprint density at radius 3 is 2.52 bits per heavy atom. The minimum Gasteiger partial charge on any atom is -0.465 e. The first-order valence-corrected chi connectivity index (χ1v) is 7.65. The molecular weight excluding hydrogens is 322 g/mol. The van der Waals surface area contributed by atoms with Crippen molar-refractivity contribution in [2.45, 2.75) is 6.04 Å². The van der Waals surface area contributed by atoms with Crippen molar-refractivity contribution in [3.05, 3.63) is 81.2 Å². The normalized spacial score (nSPS) is 15.7. The molecule has 1 aromatic heterocycles. The molecule has 0 radical (unpaired) electrons. The van der Waals surface area contributed by atoms with Crippen LogP contribution in [0, 0.1) is 0 Å². The third-order valence-electron chi connectivity index (χ3n) is 4.27. The Labute approximate surface area is 142 Å². The number of amides is 1. The first-order chi connectivity index (χ1) is 12.1. The molecule has 1 aliphatic rings. The van der Waals surface area contributed by atoms with Crippen LogP contribution in [0.1, 0.15) is 38.1 Å². The molecule has 1 amide bonds. The van der Waals surface area contributed by atoms with E-state index < -0.39 is 17.9 Å². The first kappa shape index (κ1) is 15.1. The van der Waals surface area contributed by atoms with Gasteiger partial charge in [0, 0.05) is 0 Å². The van der Waals surface area contributed by atoms with Crippen LogP contribution >= 0.6 is 0 Å². The highest BCUT2D eigenvalue weighted by molar-refractivity contribution is 5.99. The maximum absolute atomic E-state index is 12.8. The highest BCUT2D eigenvalue weighted by atomic mass is 16.5. The second-order valence-electron chi connectivity index (χ2n) is 5.69. The number of carbonyl (C=O) groups excluding carboxylic acids is 2. The Morgan fingerprint density at radius 2 is 1.80 bits per heavy atom. The van der Waals surface area contributed by atoms with Crippen molar-refractivity contribution >= 4 is 22.8 Å². The summed E-state index contributed by atoms with van der Waals surface area (Å²) in [4.78, 5) is 36.6. The quantitative estimate of drug-likeness (QED) is 0.727. The average molecular weight is 335 g/mol. The molecule has 0 aliphatic carbocycles. The van der Waals surface area contributed by atoms with Crippen LogP contribution < -0.4 is 10.7 Å². The van der Waals surface area contributed by atoms with Crippen molar-refractivity contribution in [2.75, 3.05) is 7.11 Å². The molecule has 124 valence electrons. The number of fused-ring (bicyclic) bond motifs is 2. The van der Waals surface area contributed by atoms with Gasteiger partial charge in [-0.2, -0.15) is 0 Å². The van der Waals surface area contributed by atoms with E-state index in [1.807, 2.05) is 0 Å². The summed E-state index contributed by atoms with van der Waals surface area (Å²) in [5.41, 5.74) is 1.50. The van der Waals surface area contributed by atoms with Gasteiger partial charge in [-0.3, -0.25) is 9.59 Å². The summed E-state index contributed by atoms with van der Waals surface area (Å²) in [5.74, 6) is -0.849. The minimum atomic E-state index is -0.616. The number of rotatable bonds is 2. The molecule has 2 heterocycles. The van der Waals surface area contributed by atoms with Crippen LogP contribution in [0.5, 0.6) is 0 Å². The van der Waals surface area contributed by atoms with Crippen molar-refractivity contribution in [1.82, 2.24) is 5.32 Å². The van der Waals surface area contributed by atoms with Gasteiger partial charge >= 0.3 is 5.97 Å². The van der Waals surface area contributed by atoms with Crippen LogP contribution in [0.3, 0.4) is 0 Å². The molecule has 1 N–H and O–H groups in total. The van der Waals surface area contributed by atoms with Crippen molar-refractivity contribution in [1.29, 1.82) is 0 Å². The highest BCUT2D eigenvalue weighted by Gasteiger charge is 2.35. The van der Waals surface area contributed by atoms with Gasteiger partial charge in [0.15, 0.2) is 5.43 Å². The van der Waals surface area contributed by atoms with E-state index >= 15 is 0 Å². The zero-order valence-electron chi connectivity index (χ0n) is 13.2. The van der Waals surface area contributed by atoms with Gasteiger partial charge < -0.3 is 14.5 Å². The lowest BCUT2D eigenvalue weighted by atomic mass is 9.98. The number of nitrogens with one attached hydrogen (secondary N) is 1. The molecule has 0 unspecified atom stereocenters. The zero-order chi connectivity index (χ0) is 17.6. The SMILES string of the molecule is COC(=O)c1ccc([C@@H]2NC(=O)c3oc4ccccc4c(=O)c32)cc1. The zero-order valence-corrected chi connectivity index (χ0v) is 13.2. The number of ether oxygens (including phenoxy) is 1. The molecule has 6 nitrogen and oxygen atoms in total. The van der Waals surface area contributed by atoms with Crippen molar-refractivity contribution in [3.63, 3.8) is 0 Å². The van der Waals surface area contributed by atoms with Gasteiger partial charge in [-0.05, 0) is 29.8 Å². The lowest BCUT2D eigenvalue weighted by molar-refractivity contribution is 0.0600. The monoisotopic (exact) mass is 335 g/mol. The van der Waals surface area contributed by atoms with Crippen LogP contribution in [-0.2, 0) is 4.74 Å². The number of hydrogen-bond acceptors (Lipinski definition) is 5. The Bertz CT molecular complexity index is 1070. The van der Waals surface area contributed by atoms with E-state index in [-0.39, 0.29) is 16.8 Å². The van der Waals surface area contributed by atoms with Crippen LogP contribution in [0.15, 0.2) is 57.7 Å². The van der Waals surface area contributed by atoms with Gasteiger partial charge in [-0.25, -0.2) is 4.79 Å². The predicted molar refractivity (Wildman–Crippen MR) is 89.6 cm³/mol. The molecule has 0 saturated heterocycles. The van der Waals surface area contributed by atoms with Crippen LogP contribution in [0.2, 0.25) is 0 Å². The van der Waals surface area contributed by atoms with Gasteiger partial charge in [0.2, 0.25) is 5.76 Å². The van der Waals surface area contributed by atoms with Crippen LogP contribution in [-0.4, -0.2) is 19.0 Å². The van der Waals surface area contributed by atoms with Gasteiger partial charge in [0.05, 0.1) is 29.7 Å². The van der Waals surface area contributed by atoms with Gasteiger partial charge in [-0.15, -0.1) is 0 Å². The second-order valence-corrected chi connectivity index (χ2v) is 5.69. The molecule has 1 atom stereocenters. The summed E-state index contributed by atoms with van der Waals surface area (Å²) in [6.45, 7) is 0. The minimum absolute atomic E-state index is 0.0331. The fourth-order valence-corrected chi connectivity index (χ4v) is 3.04. The summed E-state index contributed by atoms with van der Waals surface area (Å²) in [6, 6.07) is 12.7. The highest BCUT2D eigenvalue weighted by Crippen LogP contribution is 2.30. The lowest BCUT2D eigenvalue weighted by Gasteiger charge is -2.12. The number of hydrogen-bond donors (Lipinski definition) is 1. The molecule has 4 rings (SSSR count). The first-order valence-electron chi connectivity index (χ1n) is 7.65. The standard InChI is InChI=1S/C19H13NO5/c1-24-19(23)11-8-6-10(7-9-11)15-14-16(21)12-4-2-3-5-13(12)25-17(14)18(22)20-15/h2-9,15H,1H3,(H,20,22)/t15-/m0/s1. The number of methoxy groups -OCH3 is 1. The molecule has 0 spiro atoms. The Morgan fingerprint density at radius 1 is 1.08 bits per heavy atom. The summed E-state index contributed by atoms with van der Waals surface area (Å²) in [6.07, 6.45) is 0. The smallest absolute Gasteiger partial charge is 0.337 e. The van der Waals surface area contributed by atoms with Crippen molar-refractivity contribution in [2.24, 2.45) is 0 Å². The fraction of sp³-hybridized carbons (Fsp3) is 0.105. The molecule has 1 aliphatic heterocycles. The van der Waals surface area contributed by atoms with E-state index in [0.29, 0.717) is 22.1 Å². The Kier molecular flexibility index (Phi) is 3.39. The maximum Gasteiger partial charge on any atom is 0.337 e. The molecule has 0 saturated carbocycles. The molecule has 6 heteroatoms. The topological polar surface area (TPSA) is 85.6 Å². The van der Waals surface area contributed by atoms with Crippen molar-refractivity contribution < 1.29 is 18.7 Å². The third-order valence-corrected chi connectivity index (χ3v) is 4.27. The van der Waals surface area contributed by atoms with Crippen molar-refractivity contribution in [3.8, 4) is 0 Å². The van der Waals surface area contributed by atoms with Gasteiger partial charge in [0.1, 0.15) is 5.58 Å². The Hall–Kier alpha value is -3.41. The fourth-order valence-electron chi connectivity index (χ4n) is 3.04. The van der Waals surface area contributed by atoms with Crippen LogP contribution in [0.25, 0.3) is 11.0 Å². The molecular formula is C19H13NO5. The average Bonchev–Trinajstić information content (AvgIpc) is 2.98. The van der Waals surface area contributed by atoms with E-state index in [0.717, 1.165) is 0 Å². The van der Waals surface area contributed by atoms with E-state index in [9.17, 15) is 14.4 Å². The number of esters is 1. The molecule has 3 aromatic rings. The van der Waals surface area contributed by atoms with Crippen LogP contribution in [0.4, 0.5) is 0 Å². The summed E-state index contributed by atoms with van der Waals surface area (Å²) in [5, 5.41) is 3.19. The molecule has 0 fully saturated rings. The lowest BCUT2D eigenvalue weighted by Crippen LogP contribution is -2.22. The van der Waals surface area contributed by atoms with E-state index in [1.165, 1.54) is 7.11 Å². The van der Waals surface area contributed by atoms with E-state index in [1.54, 1.807) is 48.5 Å². The second kappa shape index (κ2) is 5.59. The summed E-state index contributed by atoms with van der Waals surface area (Å²) >= 11 is 0. The van der Waals surface area contributed by atoms with Gasteiger partial charge in [0.25, 0.3) is 5.91 Å². The van der Waals surface area contributed by atoms with Gasteiger partial charge in [-0.1, -0.05) is 24.3 Å². The predicted octanol–water partition coefficient (Wildman–Crippen LogP) is 2.41. The largest absolute Gasteiger partial charge is 0.465 e. The number of benzene rings is 2.